The Morgan fingerprint density at radius 2 is 1.85 bits per heavy atom. The van der Waals surface area contributed by atoms with E-state index < -0.39 is 12.0 Å². The summed E-state index contributed by atoms with van der Waals surface area (Å²) in [4.78, 5) is 50.2. The van der Waals surface area contributed by atoms with Crippen molar-refractivity contribution >= 4 is 46.2 Å². The number of carbonyl (C=O) groups excluding carboxylic acids is 1. The van der Waals surface area contributed by atoms with Crippen molar-refractivity contribution in [1.82, 2.24) is 19.4 Å². The standard InChI is InChI=1S/C27H33ClN6O5/c1-6-16(3)39-27(38)34-11-9-33(10-12-34)26-31-22-18(13-15(2)14-19(22)24(35)32(26)5)17(4)29-20-7-8-21(28)30-23(20)25(36)37/h7-8,13-14,16-17,29H,6,9-12H2,1-5H3,(H,36,37)/t16-,17-/m1/s1. The highest BCUT2D eigenvalue weighted by Gasteiger charge is 2.27. The number of hydrogen-bond acceptors (Lipinski definition) is 8. The Balaban J connectivity index is 1.67. The first-order valence-corrected chi connectivity index (χ1v) is 13.3. The van der Waals surface area contributed by atoms with Crippen LogP contribution in [0.1, 0.15) is 54.8 Å². The third-order valence-corrected chi connectivity index (χ3v) is 7.14. The van der Waals surface area contributed by atoms with Gasteiger partial charge in [0.1, 0.15) is 11.3 Å². The topological polar surface area (TPSA) is 130 Å². The summed E-state index contributed by atoms with van der Waals surface area (Å²) in [7, 11) is 1.69. The van der Waals surface area contributed by atoms with Gasteiger partial charge >= 0.3 is 12.1 Å². The lowest BCUT2D eigenvalue weighted by atomic mass is 10.0. The molecule has 208 valence electrons. The Kier molecular flexibility index (Phi) is 8.29. The van der Waals surface area contributed by atoms with Crippen LogP contribution in [0.2, 0.25) is 5.15 Å². The molecule has 0 bridgehead atoms. The van der Waals surface area contributed by atoms with E-state index in [1.54, 1.807) is 24.1 Å². The SMILES string of the molecule is CC[C@@H](C)OC(=O)N1CCN(c2nc3c([C@@H](C)Nc4ccc(Cl)nc4C(=O)O)cc(C)cc3c(=O)n2C)CC1. The maximum absolute atomic E-state index is 13.5. The fourth-order valence-corrected chi connectivity index (χ4v) is 4.75. The van der Waals surface area contributed by atoms with Crippen LogP contribution in [0.15, 0.2) is 29.1 Å². The Bertz CT molecular complexity index is 1470. The summed E-state index contributed by atoms with van der Waals surface area (Å²) in [5, 5.41) is 13.3. The number of pyridine rings is 1. The summed E-state index contributed by atoms with van der Waals surface area (Å²) in [5.74, 6) is -0.707. The normalized spacial score (nSPS) is 15.2. The Morgan fingerprint density at radius 1 is 1.15 bits per heavy atom. The average Bonchev–Trinajstić information content (AvgIpc) is 2.91. The van der Waals surface area contributed by atoms with E-state index in [9.17, 15) is 19.5 Å². The second-order valence-electron chi connectivity index (χ2n) is 9.80. The zero-order valence-electron chi connectivity index (χ0n) is 22.7. The number of hydrogen-bond donors (Lipinski definition) is 2. The largest absolute Gasteiger partial charge is 0.476 e. The van der Waals surface area contributed by atoms with Gasteiger partial charge in [-0.05, 0) is 51.0 Å². The van der Waals surface area contributed by atoms with Gasteiger partial charge in [-0.3, -0.25) is 9.36 Å². The summed E-state index contributed by atoms with van der Waals surface area (Å²) >= 11 is 5.91. The van der Waals surface area contributed by atoms with Gasteiger partial charge in [-0.15, -0.1) is 0 Å². The van der Waals surface area contributed by atoms with Gasteiger partial charge in [0.15, 0.2) is 5.69 Å². The number of ether oxygens (including phenoxy) is 1. The summed E-state index contributed by atoms with van der Waals surface area (Å²) in [6.45, 7) is 9.48. The fraction of sp³-hybridized carbons (Fsp3) is 0.444. The lowest BCUT2D eigenvalue weighted by Crippen LogP contribution is -2.50. The molecule has 0 radical (unpaired) electrons. The van der Waals surface area contributed by atoms with E-state index in [1.165, 1.54) is 10.6 Å². The van der Waals surface area contributed by atoms with Crippen molar-refractivity contribution in [3.63, 3.8) is 0 Å². The third kappa shape index (κ3) is 5.93. The number of carbonyl (C=O) groups is 2. The van der Waals surface area contributed by atoms with Gasteiger partial charge < -0.3 is 25.0 Å². The molecule has 1 aliphatic rings. The van der Waals surface area contributed by atoms with Gasteiger partial charge in [0.2, 0.25) is 5.95 Å². The van der Waals surface area contributed by atoms with E-state index in [2.05, 4.69) is 10.3 Å². The number of nitrogens with one attached hydrogen (secondary N) is 1. The highest BCUT2D eigenvalue weighted by Crippen LogP contribution is 2.29. The summed E-state index contributed by atoms with van der Waals surface area (Å²) < 4.78 is 6.98. The van der Waals surface area contributed by atoms with E-state index >= 15 is 0 Å². The molecule has 0 saturated carbocycles. The van der Waals surface area contributed by atoms with Crippen molar-refractivity contribution < 1.29 is 19.4 Å². The fourth-order valence-electron chi connectivity index (χ4n) is 4.60. The molecule has 39 heavy (non-hydrogen) atoms. The van der Waals surface area contributed by atoms with Crippen LogP contribution in [0.3, 0.4) is 0 Å². The number of piperazine rings is 1. The third-order valence-electron chi connectivity index (χ3n) is 6.93. The molecule has 1 saturated heterocycles. The number of aromatic carboxylic acids is 1. The maximum atomic E-state index is 13.5. The molecular weight excluding hydrogens is 524 g/mol. The Labute approximate surface area is 231 Å². The molecule has 4 rings (SSSR count). The molecule has 2 N–H and O–H groups in total. The van der Waals surface area contributed by atoms with Crippen molar-refractivity contribution in [2.24, 2.45) is 7.05 Å². The second kappa shape index (κ2) is 11.5. The maximum Gasteiger partial charge on any atom is 0.410 e. The number of carboxylic acids is 1. The van der Waals surface area contributed by atoms with Gasteiger partial charge in [0, 0.05) is 38.8 Å². The summed E-state index contributed by atoms with van der Waals surface area (Å²) in [6.07, 6.45) is 0.265. The number of carboxylic acid groups (broad SMARTS) is 1. The van der Waals surface area contributed by atoms with Crippen molar-refractivity contribution in [3.05, 3.63) is 56.6 Å². The van der Waals surface area contributed by atoms with Crippen LogP contribution >= 0.6 is 11.6 Å². The van der Waals surface area contributed by atoms with E-state index in [0.717, 1.165) is 17.5 Å². The molecule has 0 spiro atoms. The summed E-state index contributed by atoms with van der Waals surface area (Å²) in [5.41, 5.74) is 2.06. The van der Waals surface area contributed by atoms with Crippen LogP contribution in [0.4, 0.5) is 16.4 Å². The number of amides is 1. The first-order valence-electron chi connectivity index (χ1n) is 12.9. The number of benzene rings is 1. The molecule has 11 nitrogen and oxygen atoms in total. The quantitative estimate of drug-likeness (QED) is 0.411. The molecular formula is C27H33ClN6O5. The smallest absolute Gasteiger partial charge is 0.410 e. The molecule has 1 fully saturated rings. The van der Waals surface area contributed by atoms with Gasteiger partial charge in [-0.1, -0.05) is 24.6 Å². The Morgan fingerprint density at radius 3 is 2.49 bits per heavy atom. The number of nitrogens with zero attached hydrogens (tertiary/aromatic N) is 5. The molecule has 1 aromatic carbocycles. The molecule has 3 aromatic rings. The predicted octanol–water partition coefficient (Wildman–Crippen LogP) is 4.22. The van der Waals surface area contributed by atoms with Crippen LogP contribution in [-0.2, 0) is 11.8 Å². The first-order chi connectivity index (χ1) is 18.5. The minimum Gasteiger partial charge on any atom is -0.476 e. The second-order valence-corrected chi connectivity index (χ2v) is 10.2. The highest BCUT2D eigenvalue weighted by molar-refractivity contribution is 6.29. The number of rotatable bonds is 7. The van der Waals surface area contributed by atoms with E-state index in [-0.39, 0.29) is 28.6 Å². The van der Waals surface area contributed by atoms with E-state index in [1.807, 2.05) is 38.7 Å². The number of halogens is 1. The molecule has 2 aromatic heterocycles. The predicted molar refractivity (Wildman–Crippen MR) is 150 cm³/mol. The van der Waals surface area contributed by atoms with Crippen LogP contribution in [-0.4, -0.2) is 68.9 Å². The van der Waals surface area contributed by atoms with Crippen LogP contribution in [0, 0.1) is 6.92 Å². The van der Waals surface area contributed by atoms with E-state index in [4.69, 9.17) is 21.3 Å². The minimum absolute atomic E-state index is 0.0784. The molecule has 3 heterocycles. The van der Waals surface area contributed by atoms with E-state index in [0.29, 0.717) is 48.7 Å². The van der Waals surface area contributed by atoms with Gasteiger partial charge in [0.05, 0.1) is 22.6 Å². The van der Waals surface area contributed by atoms with Crippen molar-refractivity contribution in [2.75, 3.05) is 36.4 Å². The molecule has 0 unspecified atom stereocenters. The summed E-state index contributed by atoms with van der Waals surface area (Å²) in [6, 6.07) is 6.41. The lowest BCUT2D eigenvalue weighted by Gasteiger charge is -2.35. The molecule has 1 amide bonds. The van der Waals surface area contributed by atoms with Crippen molar-refractivity contribution in [1.29, 1.82) is 0 Å². The number of aryl methyl sites for hydroxylation is 1. The molecule has 1 aliphatic heterocycles. The molecule has 0 aliphatic carbocycles. The monoisotopic (exact) mass is 556 g/mol. The molecule has 2 atom stereocenters. The molecule has 12 heteroatoms. The van der Waals surface area contributed by atoms with Gasteiger partial charge in [-0.2, -0.15) is 0 Å². The van der Waals surface area contributed by atoms with Crippen LogP contribution in [0.5, 0.6) is 0 Å². The Hall–Kier alpha value is -3.86. The van der Waals surface area contributed by atoms with Gasteiger partial charge in [-0.25, -0.2) is 19.6 Å². The first kappa shape index (κ1) is 28.2. The zero-order valence-corrected chi connectivity index (χ0v) is 23.4. The average molecular weight is 557 g/mol. The van der Waals surface area contributed by atoms with Crippen LogP contribution in [0.25, 0.3) is 10.9 Å². The lowest BCUT2D eigenvalue weighted by molar-refractivity contribution is 0.0664. The highest BCUT2D eigenvalue weighted by atomic mass is 35.5. The minimum atomic E-state index is -1.21. The van der Waals surface area contributed by atoms with Crippen molar-refractivity contribution in [2.45, 2.75) is 46.3 Å². The number of anilines is 2. The van der Waals surface area contributed by atoms with Gasteiger partial charge in [0.25, 0.3) is 5.56 Å². The number of fused-ring (bicyclic) bond motifs is 1. The van der Waals surface area contributed by atoms with Crippen LogP contribution < -0.4 is 15.8 Å². The number of aromatic nitrogens is 3. The van der Waals surface area contributed by atoms with Crippen molar-refractivity contribution in [3.8, 4) is 0 Å². The zero-order chi connectivity index (χ0) is 28.4.